The summed E-state index contributed by atoms with van der Waals surface area (Å²) in [7, 11) is 1.58. The molecule has 0 aliphatic rings. The number of carbonyl (C=O) groups excluding carboxylic acids is 1. The Hall–Kier alpha value is -2.14. The number of benzene rings is 2. The minimum Gasteiger partial charge on any atom is -0.497 e. The lowest BCUT2D eigenvalue weighted by atomic mass is 10.2. The third-order valence-electron chi connectivity index (χ3n) is 2.71. The molecule has 1 amide bonds. The van der Waals surface area contributed by atoms with Crippen molar-refractivity contribution in [2.75, 3.05) is 12.4 Å². The monoisotopic (exact) mass is 349 g/mol. The zero-order valence-corrected chi connectivity index (χ0v) is 12.9. The van der Waals surface area contributed by atoms with Crippen LogP contribution in [0.5, 0.6) is 5.75 Å². The van der Waals surface area contributed by atoms with Gasteiger partial charge in [0, 0.05) is 10.5 Å². The van der Waals surface area contributed by atoms with Crippen molar-refractivity contribution in [1.29, 1.82) is 0 Å². The zero-order chi connectivity index (χ0) is 15.2. The number of nitrogens with one attached hydrogen (secondary N) is 1. The van der Waals surface area contributed by atoms with Crippen LogP contribution in [0.2, 0.25) is 0 Å². The maximum atomic E-state index is 13.6. The molecule has 2 rings (SSSR count). The SMILES string of the molecule is COc1cccc(/C=C/C(=O)Nc2ccc(Br)cc2F)c1. The Morgan fingerprint density at radius 1 is 1.29 bits per heavy atom. The van der Waals surface area contributed by atoms with Crippen molar-refractivity contribution in [3.8, 4) is 5.75 Å². The normalized spacial score (nSPS) is 10.6. The van der Waals surface area contributed by atoms with Gasteiger partial charge in [-0.05, 0) is 42.0 Å². The van der Waals surface area contributed by atoms with Gasteiger partial charge < -0.3 is 10.1 Å². The van der Waals surface area contributed by atoms with E-state index in [-0.39, 0.29) is 5.69 Å². The second kappa shape index (κ2) is 7.04. The number of halogens is 2. The number of hydrogen-bond donors (Lipinski definition) is 1. The molecular weight excluding hydrogens is 337 g/mol. The molecule has 0 saturated carbocycles. The Labute approximate surface area is 130 Å². The summed E-state index contributed by atoms with van der Waals surface area (Å²) in [5.41, 5.74) is 0.958. The number of amides is 1. The first-order valence-corrected chi connectivity index (χ1v) is 6.96. The molecule has 0 bridgehead atoms. The zero-order valence-electron chi connectivity index (χ0n) is 11.3. The molecule has 5 heteroatoms. The predicted molar refractivity (Wildman–Crippen MR) is 84.8 cm³/mol. The predicted octanol–water partition coefficient (Wildman–Crippen LogP) is 4.25. The van der Waals surface area contributed by atoms with E-state index in [2.05, 4.69) is 21.2 Å². The molecule has 3 nitrogen and oxygen atoms in total. The second-order valence-electron chi connectivity index (χ2n) is 4.22. The fourth-order valence-electron chi connectivity index (χ4n) is 1.68. The fraction of sp³-hybridized carbons (Fsp3) is 0.0625. The summed E-state index contributed by atoms with van der Waals surface area (Å²) in [6.07, 6.45) is 2.98. The van der Waals surface area contributed by atoms with Crippen LogP contribution in [-0.2, 0) is 4.79 Å². The van der Waals surface area contributed by atoms with Crippen molar-refractivity contribution in [2.45, 2.75) is 0 Å². The Morgan fingerprint density at radius 3 is 2.81 bits per heavy atom. The molecular formula is C16H13BrFNO2. The lowest BCUT2D eigenvalue weighted by molar-refractivity contribution is -0.111. The van der Waals surface area contributed by atoms with Crippen LogP contribution in [0.15, 0.2) is 53.0 Å². The van der Waals surface area contributed by atoms with Crippen LogP contribution in [0.25, 0.3) is 6.08 Å². The number of ether oxygens (including phenoxy) is 1. The molecule has 2 aromatic rings. The van der Waals surface area contributed by atoms with E-state index in [9.17, 15) is 9.18 Å². The molecule has 0 atom stereocenters. The fourth-order valence-corrected chi connectivity index (χ4v) is 2.02. The van der Waals surface area contributed by atoms with Crippen LogP contribution in [0.1, 0.15) is 5.56 Å². The number of carbonyl (C=O) groups is 1. The van der Waals surface area contributed by atoms with Gasteiger partial charge in [0.1, 0.15) is 11.6 Å². The van der Waals surface area contributed by atoms with Crippen molar-refractivity contribution in [2.24, 2.45) is 0 Å². The van der Waals surface area contributed by atoms with Gasteiger partial charge in [0.15, 0.2) is 0 Å². The molecule has 0 saturated heterocycles. The largest absolute Gasteiger partial charge is 0.497 e. The molecule has 0 fully saturated rings. The average molecular weight is 350 g/mol. The van der Waals surface area contributed by atoms with E-state index < -0.39 is 11.7 Å². The highest BCUT2D eigenvalue weighted by atomic mass is 79.9. The van der Waals surface area contributed by atoms with Crippen LogP contribution in [-0.4, -0.2) is 13.0 Å². The van der Waals surface area contributed by atoms with Crippen LogP contribution in [0, 0.1) is 5.82 Å². The first-order valence-electron chi connectivity index (χ1n) is 6.16. The van der Waals surface area contributed by atoms with Crippen molar-refractivity contribution >= 4 is 33.6 Å². The average Bonchev–Trinajstić information content (AvgIpc) is 2.48. The molecule has 0 aromatic heterocycles. The molecule has 0 aliphatic carbocycles. The summed E-state index contributed by atoms with van der Waals surface area (Å²) in [5, 5.41) is 2.48. The van der Waals surface area contributed by atoms with Gasteiger partial charge in [0.25, 0.3) is 0 Å². The highest BCUT2D eigenvalue weighted by molar-refractivity contribution is 9.10. The molecule has 2 aromatic carbocycles. The molecule has 108 valence electrons. The molecule has 0 unspecified atom stereocenters. The van der Waals surface area contributed by atoms with E-state index in [1.54, 1.807) is 25.3 Å². The summed E-state index contributed by atoms with van der Waals surface area (Å²) in [4.78, 5) is 11.8. The number of methoxy groups -OCH3 is 1. The summed E-state index contributed by atoms with van der Waals surface area (Å²) >= 11 is 3.16. The Kier molecular flexibility index (Phi) is 5.11. The number of hydrogen-bond acceptors (Lipinski definition) is 2. The maximum Gasteiger partial charge on any atom is 0.248 e. The van der Waals surface area contributed by atoms with Gasteiger partial charge >= 0.3 is 0 Å². The molecule has 0 heterocycles. The van der Waals surface area contributed by atoms with Gasteiger partial charge in [-0.2, -0.15) is 0 Å². The van der Waals surface area contributed by atoms with Crippen molar-refractivity contribution in [3.05, 3.63) is 64.4 Å². The lowest BCUT2D eigenvalue weighted by Crippen LogP contribution is -2.09. The van der Waals surface area contributed by atoms with E-state index in [0.29, 0.717) is 10.2 Å². The quantitative estimate of drug-likeness (QED) is 0.838. The molecule has 0 spiro atoms. The third kappa shape index (κ3) is 4.43. The summed E-state index contributed by atoms with van der Waals surface area (Å²) in [6, 6.07) is 11.7. The maximum absolute atomic E-state index is 13.6. The summed E-state index contributed by atoms with van der Waals surface area (Å²) in [5.74, 6) is -0.192. The van der Waals surface area contributed by atoms with E-state index in [1.165, 1.54) is 18.2 Å². The lowest BCUT2D eigenvalue weighted by Gasteiger charge is -2.04. The van der Waals surface area contributed by atoms with Crippen molar-refractivity contribution in [3.63, 3.8) is 0 Å². The van der Waals surface area contributed by atoms with Crippen LogP contribution >= 0.6 is 15.9 Å². The Balaban J connectivity index is 2.05. The van der Waals surface area contributed by atoms with Crippen LogP contribution in [0.4, 0.5) is 10.1 Å². The number of rotatable bonds is 4. The topological polar surface area (TPSA) is 38.3 Å². The summed E-state index contributed by atoms with van der Waals surface area (Å²) < 4.78 is 19.3. The Morgan fingerprint density at radius 2 is 2.10 bits per heavy atom. The van der Waals surface area contributed by atoms with Gasteiger partial charge in [-0.1, -0.05) is 28.1 Å². The number of anilines is 1. The van der Waals surface area contributed by atoms with E-state index in [1.807, 2.05) is 18.2 Å². The second-order valence-corrected chi connectivity index (χ2v) is 5.14. The highest BCUT2D eigenvalue weighted by Crippen LogP contribution is 2.19. The van der Waals surface area contributed by atoms with Gasteiger partial charge in [-0.25, -0.2) is 4.39 Å². The molecule has 0 aliphatic heterocycles. The van der Waals surface area contributed by atoms with Gasteiger partial charge in [-0.3, -0.25) is 4.79 Å². The van der Waals surface area contributed by atoms with E-state index in [4.69, 9.17) is 4.74 Å². The minimum atomic E-state index is -0.493. The molecule has 21 heavy (non-hydrogen) atoms. The Bertz CT molecular complexity index is 686. The van der Waals surface area contributed by atoms with Crippen LogP contribution in [0.3, 0.4) is 0 Å². The standard InChI is InChI=1S/C16H13BrFNO2/c1-21-13-4-2-3-11(9-13)5-8-16(20)19-15-7-6-12(17)10-14(15)18/h2-10H,1H3,(H,19,20)/b8-5+. The minimum absolute atomic E-state index is 0.137. The summed E-state index contributed by atoms with van der Waals surface area (Å²) in [6.45, 7) is 0. The van der Waals surface area contributed by atoms with E-state index >= 15 is 0 Å². The van der Waals surface area contributed by atoms with Crippen molar-refractivity contribution in [1.82, 2.24) is 0 Å². The van der Waals surface area contributed by atoms with E-state index in [0.717, 1.165) is 5.56 Å². The van der Waals surface area contributed by atoms with Gasteiger partial charge in [0.2, 0.25) is 5.91 Å². The van der Waals surface area contributed by atoms with Gasteiger partial charge in [0.05, 0.1) is 12.8 Å². The first kappa shape index (κ1) is 15.3. The smallest absolute Gasteiger partial charge is 0.248 e. The molecule has 1 N–H and O–H groups in total. The van der Waals surface area contributed by atoms with Gasteiger partial charge in [-0.15, -0.1) is 0 Å². The van der Waals surface area contributed by atoms with Crippen LogP contribution < -0.4 is 10.1 Å². The highest BCUT2D eigenvalue weighted by Gasteiger charge is 2.05. The first-order chi connectivity index (χ1) is 10.1. The molecule has 0 radical (unpaired) electrons. The third-order valence-corrected chi connectivity index (χ3v) is 3.20. The van der Waals surface area contributed by atoms with Crippen molar-refractivity contribution < 1.29 is 13.9 Å².